The zero-order valence-corrected chi connectivity index (χ0v) is 23.6. The molecule has 0 heterocycles. The van der Waals surface area contributed by atoms with Gasteiger partial charge in [-0.15, -0.1) is 4.20 Å². The number of hydrogen-bond acceptors (Lipinski definition) is 1. The van der Waals surface area contributed by atoms with Crippen molar-refractivity contribution in [2.45, 2.75) is 105 Å². The minimum absolute atomic E-state index is 0.251. The topological polar surface area (TPSA) is 57.5 Å². The molecule has 5 heteroatoms. The lowest BCUT2D eigenvalue weighted by Gasteiger charge is -2.24. The van der Waals surface area contributed by atoms with E-state index in [4.69, 9.17) is 14.4 Å². The standard InChI is InChI=1S/2C14H22.FH2O3P/c2*1-13(2,3)11-8-7-9-12(10-11)14(4,5)6;1-5(2,3)4/h2*7-10H,1-6H3;(H2,2,3,4). The first-order valence-corrected chi connectivity index (χ1v) is 12.9. The fraction of sp³-hybridized carbons (Fsp3) is 0.571. The fourth-order valence-electron chi connectivity index (χ4n) is 2.90. The van der Waals surface area contributed by atoms with E-state index >= 15 is 0 Å². The summed E-state index contributed by atoms with van der Waals surface area (Å²) in [7, 11) is -5.14. The van der Waals surface area contributed by atoms with Crippen LogP contribution in [0.2, 0.25) is 0 Å². The molecule has 0 saturated heterocycles. The molecular formula is C28H46FO3P. The molecule has 0 fully saturated rings. The van der Waals surface area contributed by atoms with E-state index in [9.17, 15) is 4.20 Å². The normalized spacial score (nSPS) is 12.8. The van der Waals surface area contributed by atoms with Gasteiger partial charge < -0.3 is 0 Å². The first-order valence-electron chi connectivity index (χ1n) is 11.4. The summed E-state index contributed by atoms with van der Waals surface area (Å²) in [5, 5.41) is 0. The summed E-state index contributed by atoms with van der Waals surface area (Å²) in [5.74, 6) is 0. The molecule has 0 aromatic heterocycles. The molecule has 0 bridgehead atoms. The van der Waals surface area contributed by atoms with Crippen LogP contribution in [0.5, 0.6) is 0 Å². The van der Waals surface area contributed by atoms with Gasteiger partial charge in [0.2, 0.25) is 0 Å². The van der Waals surface area contributed by atoms with Gasteiger partial charge in [-0.25, -0.2) is 4.57 Å². The summed E-state index contributed by atoms with van der Waals surface area (Å²) in [6, 6.07) is 17.9. The van der Waals surface area contributed by atoms with Gasteiger partial charge >= 0.3 is 7.91 Å². The van der Waals surface area contributed by atoms with Crippen molar-refractivity contribution in [2.75, 3.05) is 0 Å². The van der Waals surface area contributed by atoms with E-state index in [1.807, 2.05) is 0 Å². The highest BCUT2D eigenvalue weighted by Gasteiger charge is 2.19. The maximum Gasteiger partial charge on any atom is 0.507 e. The molecule has 0 saturated carbocycles. The van der Waals surface area contributed by atoms with Crippen molar-refractivity contribution in [2.24, 2.45) is 0 Å². The van der Waals surface area contributed by atoms with Crippen LogP contribution in [0, 0.1) is 0 Å². The van der Waals surface area contributed by atoms with Crippen LogP contribution in [0.4, 0.5) is 4.20 Å². The predicted molar refractivity (Wildman–Crippen MR) is 141 cm³/mol. The van der Waals surface area contributed by atoms with Crippen LogP contribution in [0.1, 0.15) is 105 Å². The second-order valence-electron chi connectivity index (χ2n) is 12.6. The molecule has 3 nitrogen and oxygen atoms in total. The highest BCUT2D eigenvalue weighted by Crippen LogP contribution is 2.35. The van der Waals surface area contributed by atoms with Crippen LogP contribution in [-0.4, -0.2) is 9.79 Å². The molecule has 0 aliphatic carbocycles. The Bertz CT molecular complexity index is 783. The van der Waals surface area contributed by atoms with Crippen LogP contribution in [0.15, 0.2) is 48.5 Å². The molecule has 0 unspecified atom stereocenters. The molecular weight excluding hydrogens is 434 g/mol. The van der Waals surface area contributed by atoms with E-state index < -0.39 is 7.91 Å². The van der Waals surface area contributed by atoms with Gasteiger partial charge in [0.05, 0.1) is 0 Å². The first-order chi connectivity index (χ1) is 14.4. The van der Waals surface area contributed by atoms with E-state index in [1.54, 1.807) is 0 Å². The minimum atomic E-state index is -5.14. The van der Waals surface area contributed by atoms with Crippen molar-refractivity contribution in [3.05, 3.63) is 70.8 Å². The van der Waals surface area contributed by atoms with Gasteiger partial charge in [0.15, 0.2) is 0 Å². The molecule has 0 amide bonds. The van der Waals surface area contributed by atoms with Crippen molar-refractivity contribution >= 4 is 7.91 Å². The van der Waals surface area contributed by atoms with E-state index in [1.165, 1.54) is 22.3 Å². The van der Waals surface area contributed by atoms with Gasteiger partial charge in [-0.2, -0.15) is 0 Å². The second kappa shape index (κ2) is 11.3. The maximum absolute atomic E-state index is 10.4. The predicted octanol–water partition coefficient (Wildman–Crippen LogP) is 8.61. The van der Waals surface area contributed by atoms with Crippen LogP contribution in [-0.2, 0) is 26.2 Å². The van der Waals surface area contributed by atoms with Gasteiger partial charge in [-0.05, 0) is 43.9 Å². The SMILES string of the molecule is CC(C)(C)c1cccc(C(C)(C)C)c1.CC(C)(C)c1cccc(C(C)(C)C)c1.O=P(O)(O)F. The number of rotatable bonds is 0. The minimum Gasteiger partial charge on any atom is -0.299 e. The first kappa shape index (κ1) is 31.5. The van der Waals surface area contributed by atoms with Gasteiger partial charge in [-0.3, -0.25) is 9.79 Å². The van der Waals surface area contributed by atoms with E-state index in [0.29, 0.717) is 0 Å². The number of halogens is 1. The largest absolute Gasteiger partial charge is 0.507 e. The second-order valence-corrected chi connectivity index (χ2v) is 13.6. The van der Waals surface area contributed by atoms with Crippen molar-refractivity contribution in [1.29, 1.82) is 0 Å². The third-order valence-corrected chi connectivity index (χ3v) is 5.19. The molecule has 2 rings (SSSR count). The Kier molecular flexibility index (Phi) is 10.8. The average Bonchev–Trinajstić information content (AvgIpc) is 2.58. The summed E-state index contributed by atoms with van der Waals surface area (Å²) in [5.41, 5.74) is 6.69. The Morgan fingerprint density at radius 1 is 0.545 bits per heavy atom. The smallest absolute Gasteiger partial charge is 0.299 e. The van der Waals surface area contributed by atoms with Gasteiger partial charge in [0.25, 0.3) is 0 Å². The average molecular weight is 481 g/mol. The maximum atomic E-state index is 10.4. The third-order valence-electron chi connectivity index (χ3n) is 5.19. The Morgan fingerprint density at radius 2 is 0.697 bits per heavy atom. The Hall–Kier alpha value is -1.48. The van der Waals surface area contributed by atoms with Crippen LogP contribution in [0.3, 0.4) is 0 Å². The van der Waals surface area contributed by atoms with Gasteiger partial charge in [0, 0.05) is 0 Å². The van der Waals surface area contributed by atoms with E-state index in [-0.39, 0.29) is 21.7 Å². The molecule has 0 aliphatic heterocycles. The Balaban J connectivity index is 0.000000517. The molecule has 2 aromatic rings. The summed E-state index contributed by atoms with van der Waals surface area (Å²) < 4.78 is 19.0. The van der Waals surface area contributed by atoms with E-state index in [2.05, 4.69) is 132 Å². The zero-order valence-electron chi connectivity index (χ0n) is 22.7. The Labute approximate surface area is 202 Å². The summed E-state index contributed by atoms with van der Waals surface area (Å²) in [4.78, 5) is 13.9. The van der Waals surface area contributed by atoms with Crippen molar-refractivity contribution in [3.63, 3.8) is 0 Å². The van der Waals surface area contributed by atoms with Crippen LogP contribution >= 0.6 is 7.91 Å². The number of hydrogen-bond donors (Lipinski definition) is 2. The molecule has 188 valence electrons. The Morgan fingerprint density at radius 3 is 0.818 bits per heavy atom. The molecule has 0 aliphatic rings. The van der Waals surface area contributed by atoms with E-state index in [0.717, 1.165) is 0 Å². The molecule has 2 aromatic carbocycles. The van der Waals surface area contributed by atoms with Gasteiger partial charge in [0.1, 0.15) is 0 Å². The zero-order chi connectivity index (χ0) is 26.5. The lowest BCUT2D eigenvalue weighted by atomic mass is 9.81. The van der Waals surface area contributed by atoms with Crippen molar-refractivity contribution < 1.29 is 18.5 Å². The quantitative estimate of drug-likeness (QED) is 0.371. The fourth-order valence-corrected chi connectivity index (χ4v) is 2.90. The summed E-state index contributed by atoms with van der Waals surface area (Å²) >= 11 is 0. The molecule has 2 N–H and O–H groups in total. The lowest BCUT2D eigenvalue weighted by molar-refractivity contribution is 0.322. The monoisotopic (exact) mass is 480 g/mol. The third kappa shape index (κ3) is 13.7. The molecule has 0 spiro atoms. The highest BCUT2D eigenvalue weighted by atomic mass is 31.2. The van der Waals surface area contributed by atoms with Crippen LogP contribution in [0.25, 0.3) is 0 Å². The van der Waals surface area contributed by atoms with Crippen molar-refractivity contribution in [1.82, 2.24) is 0 Å². The highest BCUT2D eigenvalue weighted by molar-refractivity contribution is 7.45. The summed E-state index contributed by atoms with van der Waals surface area (Å²) in [6.07, 6.45) is 0. The van der Waals surface area contributed by atoms with Crippen LogP contribution < -0.4 is 0 Å². The summed E-state index contributed by atoms with van der Waals surface area (Å²) in [6.45, 7) is 27.1. The van der Waals surface area contributed by atoms with Gasteiger partial charge in [-0.1, -0.05) is 132 Å². The van der Waals surface area contributed by atoms with Crippen molar-refractivity contribution in [3.8, 4) is 0 Å². The molecule has 33 heavy (non-hydrogen) atoms. The lowest BCUT2D eigenvalue weighted by Crippen LogP contribution is -2.15. The molecule has 0 radical (unpaired) electrons. The number of benzene rings is 2. The molecule has 0 atom stereocenters.